The van der Waals surface area contributed by atoms with Gasteiger partial charge >= 0.3 is 0 Å². The van der Waals surface area contributed by atoms with Gasteiger partial charge in [0.2, 0.25) is 0 Å². The zero-order chi connectivity index (χ0) is 10.6. The van der Waals surface area contributed by atoms with Crippen LogP contribution in [-0.4, -0.2) is 15.0 Å². The second-order valence-corrected chi connectivity index (χ2v) is 3.79. The second-order valence-electron chi connectivity index (χ2n) is 3.79. The van der Waals surface area contributed by atoms with E-state index in [0.29, 0.717) is 5.92 Å². The highest BCUT2D eigenvalue weighted by atomic mass is 15.4. The minimum atomic E-state index is 0.0570. The summed E-state index contributed by atoms with van der Waals surface area (Å²) in [5.41, 5.74) is 7.18. The summed E-state index contributed by atoms with van der Waals surface area (Å²) in [5.74, 6) is 0.476. The van der Waals surface area contributed by atoms with Crippen molar-refractivity contribution >= 4 is 0 Å². The standard InChI is InChI=1S/C10H20N4/c1-4-6-14-9(7-12-13-14)10(11)8(3)5-2/h7-8,10H,4-6,11H2,1-3H3. The van der Waals surface area contributed by atoms with E-state index in [0.717, 1.165) is 25.1 Å². The van der Waals surface area contributed by atoms with Crippen LogP contribution in [0.15, 0.2) is 6.20 Å². The van der Waals surface area contributed by atoms with Gasteiger partial charge in [0.1, 0.15) is 0 Å². The van der Waals surface area contributed by atoms with Gasteiger partial charge in [0.25, 0.3) is 0 Å². The summed E-state index contributed by atoms with van der Waals surface area (Å²) in [7, 11) is 0. The molecular formula is C10H20N4. The monoisotopic (exact) mass is 196 g/mol. The maximum Gasteiger partial charge on any atom is 0.0757 e. The molecule has 0 saturated heterocycles. The van der Waals surface area contributed by atoms with Crippen molar-refractivity contribution in [3.05, 3.63) is 11.9 Å². The Hall–Kier alpha value is -0.900. The summed E-state index contributed by atoms with van der Waals surface area (Å²) in [4.78, 5) is 0. The lowest BCUT2D eigenvalue weighted by Crippen LogP contribution is -2.22. The van der Waals surface area contributed by atoms with E-state index < -0.39 is 0 Å². The summed E-state index contributed by atoms with van der Waals surface area (Å²) >= 11 is 0. The highest BCUT2D eigenvalue weighted by Crippen LogP contribution is 2.20. The van der Waals surface area contributed by atoms with Gasteiger partial charge in [-0.05, 0) is 12.3 Å². The highest BCUT2D eigenvalue weighted by molar-refractivity contribution is 5.02. The highest BCUT2D eigenvalue weighted by Gasteiger charge is 2.17. The molecule has 2 unspecified atom stereocenters. The fraction of sp³-hybridized carbons (Fsp3) is 0.800. The van der Waals surface area contributed by atoms with E-state index in [9.17, 15) is 0 Å². The molecule has 14 heavy (non-hydrogen) atoms. The molecule has 2 atom stereocenters. The molecule has 80 valence electrons. The molecule has 0 aromatic carbocycles. The maximum absolute atomic E-state index is 6.12. The number of aryl methyl sites for hydroxylation is 1. The summed E-state index contributed by atoms with van der Waals surface area (Å²) in [6, 6.07) is 0.0570. The molecule has 0 saturated carbocycles. The van der Waals surface area contributed by atoms with Crippen molar-refractivity contribution in [2.75, 3.05) is 0 Å². The third-order valence-electron chi connectivity index (χ3n) is 2.68. The fourth-order valence-electron chi connectivity index (χ4n) is 1.45. The minimum Gasteiger partial charge on any atom is -0.322 e. The van der Waals surface area contributed by atoms with E-state index in [1.165, 1.54) is 0 Å². The Kier molecular flexibility index (Phi) is 4.07. The molecule has 0 aliphatic heterocycles. The Morgan fingerprint density at radius 2 is 2.21 bits per heavy atom. The number of hydrogen-bond acceptors (Lipinski definition) is 3. The maximum atomic E-state index is 6.12. The first-order valence-electron chi connectivity index (χ1n) is 5.34. The van der Waals surface area contributed by atoms with Crippen molar-refractivity contribution in [2.24, 2.45) is 11.7 Å². The van der Waals surface area contributed by atoms with Gasteiger partial charge in [0, 0.05) is 6.54 Å². The van der Waals surface area contributed by atoms with E-state index >= 15 is 0 Å². The van der Waals surface area contributed by atoms with Gasteiger partial charge in [-0.1, -0.05) is 32.4 Å². The van der Waals surface area contributed by atoms with Gasteiger partial charge in [0.15, 0.2) is 0 Å². The Morgan fingerprint density at radius 3 is 2.79 bits per heavy atom. The SMILES string of the molecule is CCCn1nncc1C(N)C(C)CC. The van der Waals surface area contributed by atoms with E-state index in [1.807, 2.05) is 4.68 Å². The lowest BCUT2D eigenvalue weighted by molar-refractivity contribution is 0.419. The molecule has 0 fully saturated rings. The van der Waals surface area contributed by atoms with E-state index in [4.69, 9.17) is 5.73 Å². The zero-order valence-electron chi connectivity index (χ0n) is 9.27. The van der Waals surface area contributed by atoms with Gasteiger partial charge < -0.3 is 5.73 Å². The van der Waals surface area contributed by atoms with Gasteiger partial charge in [-0.2, -0.15) is 0 Å². The van der Waals surface area contributed by atoms with Crippen LogP contribution in [0.4, 0.5) is 0 Å². The first-order valence-corrected chi connectivity index (χ1v) is 5.34. The van der Waals surface area contributed by atoms with Crippen molar-refractivity contribution < 1.29 is 0 Å². The van der Waals surface area contributed by atoms with Crippen LogP contribution in [0.1, 0.15) is 45.3 Å². The van der Waals surface area contributed by atoms with Crippen LogP contribution in [-0.2, 0) is 6.54 Å². The largest absolute Gasteiger partial charge is 0.322 e. The quantitative estimate of drug-likeness (QED) is 0.780. The molecule has 1 aromatic rings. The lowest BCUT2D eigenvalue weighted by atomic mass is 9.97. The number of rotatable bonds is 5. The van der Waals surface area contributed by atoms with Crippen LogP contribution in [0, 0.1) is 5.92 Å². The smallest absolute Gasteiger partial charge is 0.0757 e. The molecule has 4 heteroatoms. The Balaban J connectivity index is 2.77. The molecule has 0 aliphatic carbocycles. The summed E-state index contributed by atoms with van der Waals surface area (Å²) < 4.78 is 1.91. The molecular weight excluding hydrogens is 176 g/mol. The van der Waals surface area contributed by atoms with Gasteiger partial charge in [-0.3, -0.25) is 0 Å². The number of nitrogens with zero attached hydrogens (tertiary/aromatic N) is 3. The molecule has 2 N–H and O–H groups in total. The van der Waals surface area contributed by atoms with Crippen molar-refractivity contribution in [1.82, 2.24) is 15.0 Å². The van der Waals surface area contributed by atoms with Crippen molar-refractivity contribution in [1.29, 1.82) is 0 Å². The number of aromatic nitrogens is 3. The van der Waals surface area contributed by atoms with E-state index in [1.54, 1.807) is 6.20 Å². The molecule has 1 heterocycles. The molecule has 1 aromatic heterocycles. The van der Waals surface area contributed by atoms with Gasteiger partial charge in [-0.25, -0.2) is 4.68 Å². The zero-order valence-corrected chi connectivity index (χ0v) is 9.27. The number of nitrogens with two attached hydrogens (primary N) is 1. The second kappa shape index (κ2) is 5.10. The number of hydrogen-bond donors (Lipinski definition) is 1. The van der Waals surface area contributed by atoms with Crippen LogP contribution in [0.25, 0.3) is 0 Å². The van der Waals surface area contributed by atoms with E-state index in [-0.39, 0.29) is 6.04 Å². The molecule has 0 amide bonds. The van der Waals surface area contributed by atoms with E-state index in [2.05, 4.69) is 31.1 Å². The summed E-state index contributed by atoms with van der Waals surface area (Å²) in [6.07, 6.45) is 3.93. The summed E-state index contributed by atoms with van der Waals surface area (Å²) in [5, 5.41) is 7.94. The Labute approximate surface area is 85.5 Å². The average Bonchev–Trinajstić information content (AvgIpc) is 2.64. The Morgan fingerprint density at radius 1 is 1.50 bits per heavy atom. The third-order valence-corrected chi connectivity index (χ3v) is 2.68. The fourth-order valence-corrected chi connectivity index (χ4v) is 1.45. The third kappa shape index (κ3) is 2.32. The van der Waals surface area contributed by atoms with Gasteiger partial charge in [0.05, 0.1) is 17.9 Å². The lowest BCUT2D eigenvalue weighted by Gasteiger charge is -2.18. The molecule has 4 nitrogen and oxygen atoms in total. The molecule has 0 bridgehead atoms. The first-order chi connectivity index (χ1) is 6.70. The van der Waals surface area contributed by atoms with Crippen molar-refractivity contribution in [3.8, 4) is 0 Å². The van der Waals surface area contributed by atoms with Crippen LogP contribution >= 0.6 is 0 Å². The van der Waals surface area contributed by atoms with Crippen molar-refractivity contribution in [3.63, 3.8) is 0 Å². The predicted molar refractivity (Wildman–Crippen MR) is 56.7 cm³/mol. The predicted octanol–water partition coefficient (Wildman–Crippen LogP) is 1.73. The minimum absolute atomic E-state index is 0.0570. The van der Waals surface area contributed by atoms with Crippen LogP contribution < -0.4 is 5.73 Å². The Bertz CT molecular complexity index is 269. The van der Waals surface area contributed by atoms with Crippen LogP contribution in [0.5, 0.6) is 0 Å². The average molecular weight is 196 g/mol. The summed E-state index contributed by atoms with van der Waals surface area (Å²) in [6.45, 7) is 7.34. The topological polar surface area (TPSA) is 56.7 Å². The van der Waals surface area contributed by atoms with Gasteiger partial charge in [-0.15, -0.1) is 5.10 Å². The van der Waals surface area contributed by atoms with Crippen LogP contribution in [0.3, 0.4) is 0 Å². The molecule has 0 spiro atoms. The molecule has 0 aliphatic rings. The molecule has 0 radical (unpaired) electrons. The van der Waals surface area contributed by atoms with Crippen molar-refractivity contribution in [2.45, 2.75) is 46.2 Å². The molecule has 1 rings (SSSR count). The first kappa shape index (κ1) is 11.2. The van der Waals surface area contributed by atoms with Crippen LogP contribution in [0.2, 0.25) is 0 Å². The normalized spacial score (nSPS) is 15.4.